The van der Waals surface area contributed by atoms with E-state index < -0.39 is 21.8 Å². The van der Waals surface area contributed by atoms with Crippen molar-refractivity contribution in [3.63, 3.8) is 0 Å². The lowest BCUT2D eigenvalue weighted by Crippen LogP contribution is -2.50. The van der Waals surface area contributed by atoms with Crippen molar-refractivity contribution in [2.24, 2.45) is 0 Å². The maximum absolute atomic E-state index is 13.9. The van der Waals surface area contributed by atoms with E-state index in [1.165, 1.54) is 0 Å². The number of alkyl carbamates (subject to hydrolysis) is 1. The quantitative estimate of drug-likeness (QED) is 0.372. The monoisotopic (exact) mass is 509 g/mol. The maximum atomic E-state index is 13.9. The van der Waals surface area contributed by atoms with Crippen LogP contribution >= 0.6 is 23.5 Å². The Hall–Kier alpha value is -2.64. The lowest BCUT2D eigenvalue weighted by Gasteiger charge is -2.40. The third kappa shape index (κ3) is 6.14. The standard InChI is InChI=1S/C28H31NO4S2/c1-27(2,3)33-26(31)29-24(23-16-9-14-21-13-7-8-15-22(21)23)28(34-17-10-18-35-28)25(30)32-19-20-11-5-4-6-12-20/h4-9,11-16,24H,10,17-19H2,1-3H3,(H,29,31)/t24-/m0/s1. The predicted octanol–water partition coefficient (Wildman–Crippen LogP) is 6.72. The molecule has 0 unspecified atom stereocenters. The molecule has 1 fully saturated rings. The van der Waals surface area contributed by atoms with E-state index >= 15 is 0 Å². The Balaban J connectivity index is 1.75. The summed E-state index contributed by atoms with van der Waals surface area (Å²) in [7, 11) is 0. The van der Waals surface area contributed by atoms with Gasteiger partial charge in [-0.2, -0.15) is 0 Å². The minimum absolute atomic E-state index is 0.178. The fraction of sp³-hybridized carbons (Fsp3) is 0.357. The molecule has 0 saturated carbocycles. The van der Waals surface area contributed by atoms with Gasteiger partial charge in [-0.3, -0.25) is 0 Å². The lowest BCUT2D eigenvalue weighted by atomic mass is 9.96. The zero-order valence-electron chi connectivity index (χ0n) is 20.3. The van der Waals surface area contributed by atoms with Crippen molar-refractivity contribution in [3.8, 4) is 0 Å². The zero-order valence-corrected chi connectivity index (χ0v) is 21.9. The van der Waals surface area contributed by atoms with Gasteiger partial charge < -0.3 is 14.8 Å². The molecule has 1 saturated heterocycles. The Kier molecular flexibility index (Phi) is 7.97. The average Bonchev–Trinajstić information content (AvgIpc) is 2.85. The Morgan fingerprint density at radius 2 is 1.60 bits per heavy atom. The van der Waals surface area contributed by atoms with Gasteiger partial charge in [0.15, 0.2) is 4.08 Å². The molecule has 4 rings (SSSR count). The number of fused-ring (bicyclic) bond motifs is 1. The number of amides is 1. The number of rotatable bonds is 6. The highest BCUT2D eigenvalue weighted by molar-refractivity contribution is 8.20. The summed E-state index contributed by atoms with van der Waals surface area (Å²) in [5, 5.41) is 5.09. The number of nitrogens with one attached hydrogen (secondary N) is 1. The molecule has 5 nitrogen and oxygen atoms in total. The van der Waals surface area contributed by atoms with Gasteiger partial charge in [0, 0.05) is 0 Å². The van der Waals surface area contributed by atoms with Gasteiger partial charge >= 0.3 is 12.1 Å². The molecular weight excluding hydrogens is 478 g/mol. The van der Waals surface area contributed by atoms with Crippen molar-refractivity contribution < 1.29 is 19.1 Å². The number of carbonyl (C=O) groups excluding carboxylic acids is 2. The van der Waals surface area contributed by atoms with Crippen LogP contribution in [0.4, 0.5) is 4.79 Å². The van der Waals surface area contributed by atoms with Crippen LogP contribution in [0.15, 0.2) is 72.8 Å². The van der Waals surface area contributed by atoms with E-state index in [1.54, 1.807) is 23.5 Å². The molecule has 1 aliphatic rings. The third-order valence-corrected chi connectivity index (χ3v) is 8.95. The highest BCUT2D eigenvalue weighted by Gasteiger charge is 2.52. The molecule has 7 heteroatoms. The number of hydrogen-bond acceptors (Lipinski definition) is 6. The fourth-order valence-electron chi connectivity index (χ4n) is 4.08. The summed E-state index contributed by atoms with van der Waals surface area (Å²) in [5.41, 5.74) is 1.12. The SMILES string of the molecule is CC(C)(C)OC(=O)N[C@@H](c1cccc2ccccc12)C1(C(=O)OCc2ccccc2)SCCCS1. The molecule has 0 spiro atoms. The van der Waals surface area contributed by atoms with Gasteiger partial charge in [0.1, 0.15) is 12.2 Å². The minimum Gasteiger partial charge on any atom is -0.459 e. The van der Waals surface area contributed by atoms with E-state index in [2.05, 4.69) is 5.32 Å². The number of thioether (sulfide) groups is 2. The molecule has 3 aromatic carbocycles. The van der Waals surface area contributed by atoms with Gasteiger partial charge in [0.25, 0.3) is 0 Å². The van der Waals surface area contributed by atoms with Crippen LogP contribution in [0.3, 0.4) is 0 Å². The molecule has 1 N–H and O–H groups in total. The summed E-state index contributed by atoms with van der Waals surface area (Å²) in [4.78, 5) is 26.9. The molecular formula is C28H31NO4S2. The van der Waals surface area contributed by atoms with Crippen molar-refractivity contribution in [1.29, 1.82) is 0 Å². The van der Waals surface area contributed by atoms with Crippen LogP contribution in [-0.2, 0) is 20.9 Å². The predicted molar refractivity (Wildman–Crippen MR) is 145 cm³/mol. The first-order valence-corrected chi connectivity index (χ1v) is 13.7. The van der Waals surface area contributed by atoms with E-state index in [4.69, 9.17) is 9.47 Å². The van der Waals surface area contributed by atoms with Crippen LogP contribution in [0.2, 0.25) is 0 Å². The normalized spacial score (nSPS) is 16.3. The van der Waals surface area contributed by atoms with Crippen LogP contribution in [0, 0.1) is 0 Å². The van der Waals surface area contributed by atoms with Crippen molar-refractivity contribution in [2.75, 3.05) is 11.5 Å². The molecule has 35 heavy (non-hydrogen) atoms. The van der Waals surface area contributed by atoms with Gasteiger partial charge in [0.2, 0.25) is 0 Å². The second-order valence-electron chi connectivity index (χ2n) is 9.43. The van der Waals surface area contributed by atoms with Crippen molar-refractivity contribution in [3.05, 3.63) is 83.9 Å². The Bertz CT molecular complexity index is 1170. The van der Waals surface area contributed by atoms with Crippen LogP contribution in [-0.4, -0.2) is 33.2 Å². The molecule has 1 amide bonds. The van der Waals surface area contributed by atoms with E-state index in [-0.39, 0.29) is 12.6 Å². The molecule has 0 radical (unpaired) electrons. The number of carbonyl (C=O) groups is 2. The number of hydrogen-bond donors (Lipinski definition) is 1. The number of esters is 1. The van der Waals surface area contributed by atoms with Crippen LogP contribution in [0.1, 0.15) is 44.4 Å². The first-order chi connectivity index (χ1) is 16.8. The molecule has 0 aromatic heterocycles. The van der Waals surface area contributed by atoms with E-state index in [0.29, 0.717) is 0 Å². The highest BCUT2D eigenvalue weighted by atomic mass is 32.2. The second kappa shape index (κ2) is 11.0. The Morgan fingerprint density at radius 3 is 2.31 bits per heavy atom. The molecule has 0 aliphatic carbocycles. The summed E-state index contributed by atoms with van der Waals surface area (Å²) in [6.45, 7) is 5.66. The Labute approximate surface area is 215 Å². The molecule has 1 atom stereocenters. The van der Waals surface area contributed by atoms with Gasteiger partial charge in [0.05, 0.1) is 6.04 Å². The molecule has 1 aliphatic heterocycles. The highest BCUT2D eigenvalue weighted by Crippen LogP contribution is 2.52. The maximum Gasteiger partial charge on any atom is 0.408 e. The molecule has 184 valence electrons. The molecule has 0 bridgehead atoms. The summed E-state index contributed by atoms with van der Waals surface area (Å²) < 4.78 is 10.5. The van der Waals surface area contributed by atoms with Crippen LogP contribution in [0.5, 0.6) is 0 Å². The summed E-state index contributed by atoms with van der Waals surface area (Å²) in [5.74, 6) is 1.25. The first-order valence-electron chi connectivity index (χ1n) is 11.7. The van der Waals surface area contributed by atoms with E-state index in [9.17, 15) is 9.59 Å². The van der Waals surface area contributed by atoms with Gasteiger partial charge in [-0.05, 0) is 60.6 Å². The van der Waals surface area contributed by atoms with E-state index in [1.807, 2.05) is 93.6 Å². The van der Waals surface area contributed by atoms with Crippen LogP contribution < -0.4 is 5.32 Å². The third-order valence-electron chi connectivity index (χ3n) is 5.59. The van der Waals surface area contributed by atoms with Crippen molar-refractivity contribution in [1.82, 2.24) is 5.32 Å². The largest absolute Gasteiger partial charge is 0.459 e. The van der Waals surface area contributed by atoms with Gasteiger partial charge in [-0.25, -0.2) is 9.59 Å². The van der Waals surface area contributed by atoms with Gasteiger partial charge in [-0.1, -0.05) is 72.8 Å². The minimum atomic E-state index is -1.05. The first kappa shape index (κ1) is 25.5. The van der Waals surface area contributed by atoms with Crippen molar-refractivity contribution >= 4 is 46.4 Å². The molecule has 1 heterocycles. The number of ether oxygens (including phenoxy) is 2. The van der Waals surface area contributed by atoms with E-state index in [0.717, 1.165) is 39.8 Å². The topological polar surface area (TPSA) is 64.6 Å². The van der Waals surface area contributed by atoms with Gasteiger partial charge in [-0.15, -0.1) is 23.5 Å². The smallest absolute Gasteiger partial charge is 0.408 e. The average molecular weight is 510 g/mol. The lowest BCUT2D eigenvalue weighted by molar-refractivity contribution is -0.146. The molecule has 3 aromatic rings. The second-order valence-corrected chi connectivity index (χ2v) is 12.4. The number of benzene rings is 3. The fourth-order valence-corrected chi connectivity index (χ4v) is 7.34. The van der Waals surface area contributed by atoms with Crippen LogP contribution in [0.25, 0.3) is 10.8 Å². The summed E-state index contributed by atoms with van der Waals surface area (Å²) in [6, 6.07) is 23.0. The zero-order chi connectivity index (χ0) is 24.9. The summed E-state index contributed by atoms with van der Waals surface area (Å²) in [6.07, 6.45) is 0.426. The Morgan fingerprint density at radius 1 is 0.943 bits per heavy atom. The summed E-state index contributed by atoms with van der Waals surface area (Å²) >= 11 is 3.09. The van der Waals surface area contributed by atoms with Crippen molar-refractivity contribution in [2.45, 2.75) is 49.5 Å².